The maximum absolute atomic E-state index is 11.8. The zero-order chi connectivity index (χ0) is 18.2. The molecule has 0 amide bonds. The first-order chi connectivity index (χ1) is 11.8. The Kier molecular flexibility index (Phi) is 4.60. The SMILES string of the molecule is COc1cc(OCC=C(C)C)c2ccc(=O)oc2c1CC1OC1(C)C. The Morgan fingerprint density at radius 2 is 2.00 bits per heavy atom. The maximum atomic E-state index is 11.8. The van der Waals surface area contributed by atoms with E-state index in [4.69, 9.17) is 18.6 Å². The summed E-state index contributed by atoms with van der Waals surface area (Å²) < 4.78 is 22.6. The van der Waals surface area contributed by atoms with Crippen LogP contribution in [-0.2, 0) is 11.2 Å². The molecule has 134 valence electrons. The van der Waals surface area contributed by atoms with Crippen LogP contribution in [0.4, 0.5) is 0 Å². The molecule has 2 aromatic rings. The number of benzene rings is 1. The minimum absolute atomic E-state index is 0.0764. The summed E-state index contributed by atoms with van der Waals surface area (Å²) >= 11 is 0. The van der Waals surface area contributed by atoms with Crippen molar-refractivity contribution >= 4 is 11.0 Å². The van der Waals surface area contributed by atoms with Crippen LogP contribution in [0.5, 0.6) is 11.5 Å². The number of ether oxygens (including phenoxy) is 3. The van der Waals surface area contributed by atoms with E-state index in [0.29, 0.717) is 30.1 Å². The van der Waals surface area contributed by atoms with Crippen LogP contribution in [0.2, 0.25) is 0 Å². The van der Waals surface area contributed by atoms with E-state index >= 15 is 0 Å². The summed E-state index contributed by atoms with van der Waals surface area (Å²) in [5, 5.41) is 0.760. The highest BCUT2D eigenvalue weighted by Crippen LogP contribution is 2.42. The van der Waals surface area contributed by atoms with Crippen LogP contribution in [0.1, 0.15) is 33.3 Å². The van der Waals surface area contributed by atoms with Crippen molar-refractivity contribution in [1.82, 2.24) is 0 Å². The van der Waals surface area contributed by atoms with Crippen molar-refractivity contribution in [3.8, 4) is 11.5 Å². The Labute approximate surface area is 147 Å². The van der Waals surface area contributed by atoms with Gasteiger partial charge < -0.3 is 18.6 Å². The number of fused-ring (bicyclic) bond motifs is 1. The second kappa shape index (κ2) is 6.56. The average Bonchev–Trinajstić information content (AvgIpc) is 3.15. The number of rotatable bonds is 6. The minimum atomic E-state index is -0.395. The number of epoxide rings is 1. The number of methoxy groups -OCH3 is 1. The van der Waals surface area contributed by atoms with Gasteiger partial charge in [-0.2, -0.15) is 0 Å². The molecule has 1 aromatic heterocycles. The molecule has 1 saturated heterocycles. The highest BCUT2D eigenvalue weighted by molar-refractivity contribution is 5.88. The highest BCUT2D eigenvalue weighted by atomic mass is 16.6. The minimum Gasteiger partial charge on any atom is -0.496 e. The molecule has 5 heteroatoms. The molecule has 0 aliphatic carbocycles. The van der Waals surface area contributed by atoms with Crippen LogP contribution in [0, 0.1) is 0 Å². The molecule has 3 rings (SSSR count). The van der Waals surface area contributed by atoms with Crippen LogP contribution in [0.3, 0.4) is 0 Å². The molecule has 1 fully saturated rings. The van der Waals surface area contributed by atoms with Gasteiger partial charge in [0.1, 0.15) is 23.7 Å². The molecular formula is C20H24O5. The first-order valence-electron chi connectivity index (χ1n) is 8.39. The Morgan fingerprint density at radius 1 is 1.28 bits per heavy atom. The molecule has 1 aliphatic heterocycles. The molecule has 0 bridgehead atoms. The summed E-state index contributed by atoms with van der Waals surface area (Å²) in [7, 11) is 1.60. The van der Waals surface area contributed by atoms with Crippen LogP contribution in [0.15, 0.2) is 39.1 Å². The third-order valence-electron chi connectivity index (χ3n) is 4.44. The van der Waals surface area contributed by atoms with E-state index in [1.807, 2.05) is 39.8 Å². The van der Waals surface area contributed by atoms with Crippen LogP contribution in [-0.4, -0.2) is 25.4 Å². The van der Waals surface area contributed by atoms with Crippen molar-refractivity contribution in [3.05, 3.63) is 45.8 Å². The topological polar surface area (TPSA) is 61.2 Å². The summed E-state index contributed by atoms with van der Waals surface area (Å²) in [5.41, 5.74) is 1.96. The molecule has 0 spiro atoms. The quantitative estimate of drug-likeness (QED) is 0.452. The van der Waals surface area contributed by atoms with Crippen LogP contribution in [0.25, 0.3) is 11.0 Å². The van der Waals surface area contributed by atoms with Crippen molar-refractivity contribution in [1.29, 1.82) is 0 Å². The van der Waals surface area contributed by atoms with Gasteiger partial charge in [-0.25, -0.2) is 4.79 Å². The molecule has 25 heavy (non-hydrogen) atoms. The van der Waals surface area contributed by atoms with Gasteiger partial charge in [0.2, 0.25) is 0 Å². The summed E-state index contributed by atoms with van der Waals surface area (Å²) in [6, 6.07) is 5.00. The van der Waals surface area contributed by atoms with E-state index in [0.717, 1.165) is 10.9 Å². The molecule has 0 radical (unpaired) electrons. The average molecular weight is 344 g/mol. The highest BCUT2D eigenvalue weighted by Gasteiger charge is 2.48. The molecule has 0 saturated carbocycles. The van der Waals surface area contributed by atoms with Gasteiger partial charge in [0.05, 0.1) is 24.2 Å². The largest absolute Gasteiger partial charge is 0.496 e. The third-order valence-corrected chi connectivity index (χ3v) is 4.44. The smallest absolute Gasteiger partial charge is 0.336 e. The van der Waals surface area contributed by atoms with Crippen molar-refractivity contribution in [2.45, 2.75) is 45.8 Å². The molecular weight excluding hydrogens is 320 g/mol. The van der Waals surface area contributed by atoms with Gasteiger partial charge in [0.25, 0.3) is 0 Å². The normalized spacial score (nSPS) is 18.0. The fourth-order valence-electron chi connectivity index (χ4n) is 2.83. The van der Waals surface area contributed by atoms with E-state index in [2.05, 4.69) is 0 Å². The standard InChI is InChI=1S/C20H24O5/c1-12(2)8-9-23-16-11-15(22-5)14(10-17-20(3,4)25-17)19-13(16)6-7-18(21)24-19/h6-8,11,17H,9-10H2,1-5H3. The van der Waals surface area contributed by atoms with Gasteiger partial charge in [-0.05, 0) is 39.8 Å². The Bertz CT molecular complexity index is 872. The lowest BCUT2D eigenvalue weighted by atomic mass is 9.99. The Morgan fingerprint density at radius 3 is 2.60 bits per heavy atom. The predicted octanol–water partition coefficient (Wildman–Crippen LogP) is 3.87. The van der Waals surface area contributed by atoms with Crippen molar-refractivity contribution in [2.24, 2.45) is 0 Å². The molecule has 1 atom stereocenters. The molecule has 2 heterocycles. The lowest BCUT2D eigenvalue weighted by Crippen LogP contribution is -2.09. The fraction of sp³-hybridized carbons (Fsp3) is 0.450. The van der Waals surface area contributed by atoms with Crippen molar-refractivity contribution in [3.63, 3.8) is 0 Å². The van der Waals surface area contributed by atoms with E-state index in [1.54, 1.807) is 13.2 Å². The number of hydrogen-bond donors (Lipinski definition) is 0. The van der Waals surface area contributed by atoms with Gasteiger partial charge in [-0.3, -0.25) is 0 Å². The van der Waals surface area contributed by atoms with Crippen LogP contribution < -0.4 is 15.1 Å². The second-order valence-corrected chi connectivity index (χ2v) is 7.06. The summed E-state index contributed by atoms with van der Waals surface area (Å²) in [5.74, 6) is 1.27. The monoisotopic (exact) mass is 344 g/mol. The number of allylic oxidation sites excluding steroid dienone is 1. The number of hydrogen-bond acceptors (Lipinski definition) is 5. The van der Waals surface area contributed by atoms with Gasteiger partial charge in [-0.1, -0.05) is 5.57 Å². The third kappa shape index (κ3) is 3.71. The molecule has 5 nitrogen and oxygen atoms in total. The van der Waals surface area contributed by atoms with Crippen LogP contribution >= 0.6 is 0 Å². The van der Waals surface area contributed by atoms with Crippen molar-refractivity contribution in [2.75, 3.05) is 13.7 Å². The molecule has 1 aromatic carbocycles. The molecule has 1 aliphatic rings. The van der Waals surface area contributed by atoms with Gasteiger partial charge in [0.15, 0.2) is 0 Å². The maximum Gasteiger partial charge on any atom is 0.336 e. The van der Waals surface area contributed by atoms with E-state index in [9.17, 15) is 4.79 Å². The lowest BCUT2D eigenvalue weighted by Gasteiger charge is -2.14. The first-order valence-corrected chi connectivity index (χ1v) is 8.39. The zero-order valence-corrected chi connectivity index (χ0v) is 15.3. The summed E-state index contributed by atoms with van der Waals surface area (Å²) in [6.45, 7) is 8.56. The predicted molar refractivity (Wildman–Crippen MR) is 96.6 cm³/mol. The van der Waals surface area contributed by atoms with Crippen molar-refractivity contribution < 1.29 is 18.6 Å². The molecule has 1 unspecified atom stereocenters. The Balaban J connectivity index is 2.07. The second-order valence-electron chi connectivity index (χ2n) is 7.06. The van der Waals surface area contributed by atoms with Gasteiger partial charge in [-0.15, -0.1) is 0 Å². The zero-order valence-electron chi connectivity index (χ0n) is 15.3. The first kappa shape index (κ1) is 17.5. The van der Waals surface area contributed by atoms with E-state index < -0.39 is 5.63 Å². The van der Waals surface area contributed by atoms with E-state index in [-0.39, 0.29) is 11.7 Å². The van der Waals surface area contributed by atoms with Gasteiger partial charge in [0, 0.05) is 24.1 Å². The Hall–Kier alpha value is -2.27. The summed E-state index contributed by atoms with van der Waals surface area (Å²) in [4.78, 5) is 11.8. The van der Waals surface area contributed by atoms with E-state index in [1.165, 1.54) is 11.6 Å². The lowest BCUT2D eigenvalue weighted by molar-refractivity contribution is 0.322. The fourth-order valence-corrected chi connectivity index (χ4v) is 2.83. The van der Waals surface area contributed by atoms with Gasteiger partial charge >= 0.3 is 5.63 Å². The summed E-state index contributed by atoms with van der Waals surface area (Å²) in [6.07, 6.45) is 2.69. The molecule has 0 N–H and O–H groups in total.